The molecule has 0 saturated carbocycles. The lowest BCUT2D eigenvalue weighted by Crippen LogP contribution is -2.17. The SMILES string of the molecule is C=C(O)C(CCC)OCCCN. The summed E-state index contributed by atoms with van der Waals surface area (Å²) in [4.78, 5) is 0. The van der Waals surface area contributed by atoms with Gasteiger partial charge in [-0.15, -0.1) is 0 Å². The molecule has 0 amide bonds. The van der Waals surface area contributed by atoms with Crippen LogP contribution in [-0.4, -0.2) is 24.4 Å². The van der Waals surface area contributed by atoms with E-state index in [0.717, 1.165) is 19.3 Å². The highest BCUT2D eigenvalue weighted by molar-refractivity contribution is 4.89. The minimum absolute atomic E-state index is 0.119. The van der Waals surface area contributed by atoms with Crippen LogP contribution in [0.15, 0.2) is 12.3 Å². The van der Waals surface area contributed by atoms with Crippen LogP contribution in [0.2, 0.25) is 0 Å². The summed E-state index contributed by atoms with van der Waals surface area (Å²) in [6.07, 6.45) is 2.42. The predicted octanol–water partition coefficient (Wildman–Crippen LogP) is 1.59. The van der Waals surface area contributed by atoms with E-state index < -0.39 is 0 Å². The average molecular weight is 173 g/mol. The van der Waals surface area contributed by atoms with Gasteiger partial charge in [0.25, 0.3) is 0 Å². The molecular weight excluding hydrogens is 154 g/mol. The Bertz CT molecular complexity index is 126. The van der Waals surface area contributed by atoms with Crippen molar-refractivity contribution in [2.24, 2.45) is 5.73 Å². The lowest BCUT2D eigenvalue weighted by Gasteiger charge is -2.15. The zero-order chi connectivity index (χ0) is 9.40. The van der Waals surface area contributed by atoms with Crippen LogP contribution in [0.3, 0.4) is 0 Å². The van der Waals surface area contributed by atoms with Crippen molar-refractivity contribution >= 4 is 0 Å². The molecule has 0 saturated heterocycles. The van der Waals surface area contributed by atoms with Gasteiger partial charge in [-0.2, -0.15) is 0 Å². The molecule has 0 aliphatic carbocycles. The van der Waals surface area contributed by atoms with E-state index in [2.05, 4.69) is 6.58 Å². The maximum Gasteiger partial charge on any atom is 0.114 e. The first-order chi connectivity index (χ1) is 5.72. The van der Waals surface area contributed by atoms with Gasteiger partial charge in [-0.05, 0) is 19.4 Å². The Hall–Kier alpha value is -0.540. The van der Waals surface area contributed by atoms with Gasteiger partial charge in [0.1, 0.15) is 11.9 Å². The van der Waals surface area contributed by atoms with Crippen molar-refractivity contribution in [2.45, 2.75) is 32.3 Å². The number of hydrogen-bond donors (Lipinski definition) is 2. The lowest BCUT2D eigenvalue weighted by atomic mass is 10.2. The van der Waals surface area contributed by atoms with Crippen molar-refractivity contribution in [1.82, 2.24) is 0 Å². The second-order valence-corrected chi connectivity index (χ2v) is 2.78. The third-order valence-electron chi connectivity index (χ3n) is 1.59. The first-order valence-corrected chi connectivity index (χ1v) is 4.41. The molecular formula is C9H19NO2. The number of hydrogen-bond acceptors (Lipinski definition) is 3. The second-order valence-electron chi connectivity index (χ2n) is 2.78. The molecule has 3 nitrogen and oxygen atoms in total. The molecule has 3 N–H and O–H groups in total. The molecule has 0 bridgehead atoms. The average Bonchev–Trinajstić information content (AvgIpc) is 2.03. The largest absolute Gasteiger partial charge is 0.510 e. The Morgan fingerprint density at radius 2 is 2.33 bits per heavy atom. The number of ether oxygens (including phenoxy) is 1. The first-order valence-electron chi connectivity index (χ1n) is 4.41. The summed E-state index contributed by atoms with van der Waals surface area (Å²) in [6, 6.07) is 0. The number of aliphatic hydroxyl groups excluding tert-OH is 1. The number of aliphatic hydroxyl groups is 1. The van der Waals surface area contributed by atoms with E-state index in [1.165, 1.54) is 0 Å². The highest BCUT2D eigenvalue weighted by Crippen LogP contribution is 2.08. The Kier molecular flexibility index (Phi) is 6.81. The molecule has 0 fully saturated rings. The fraction of sp³-hybridized carbons (Fsp3) is 0.778. The smallest absolute Gasteiger partial charge is 0.114 e. The van der Waals surface area contributed by atoms with Gasteiger partial charge in [0.05, 0.1) is 0 Å². The molecule has 1 unspecified atom stereocenters. The standard InChI is InChI=1S/C9H19NO2/c1-3-5-9(8(2)11)12-7-4-6-10/h9,11H,2-7,10H2,1H3. The topological polar surface area (TPSA) is 55.5 Å². The third kappa shape index (κ3) is 5.16. The summed E-state index contributed by atoms with van der Waals surface area (Å²) in [5.41, 5.74) is 5.30. The first kappa shape index (κ1) is 11.5. The summed E-state index contributed by atoms with van der Waals surface area (Å²) in [5.74, 6) is 0.119. The van der Waals surface area contributed by atoms with Gasteiger partial charge in [-0.25, -0.2) is 0 Å². The van der Waals surface area contributed by atoms with Gasteiger partial charge in [-0.3, -0.25) is 0 Å². The van der Waals surface area contributed by atoms with Crippen LogP contribution in [0.4, 0.5) is 0 Å². The quantitative estimate of drug-likeness (QED) is 0.454. The van der Waals surface area contributed by atoms with Crippen molar-refractivity contribution in [3.05, 3.63) is 12.3 Å². The summed E-state index contributed by atoms with van der Waals surface area (Å²) >= 11 is 0. The fourth-order valence-electron chi connectivity index (χ4n) is 0.917. The molecule has 12 heavy (non-hydrogen) atoms. The Balaban J connectivity index is 3.56. The Morgan fingerprint density at radius 3 is 2.75 bits per heavy atom. The van der Waals surface area contributed by atoms with E-state index >= 15 is 0 Å². The normalized spacial score (nSPS) is 12.8. The number of nitrogens with two attached hydrogens (primary N) is 1. The summed E-state index contributed by atoms with van der Waals surface area (Å²) in [6.45, 7) is 6.72. The molecule has 1 atom stereocenters. The van der Waals surface area contributed by atoms with Crippen LogP contribution in [0.5, 0.6) is 0 Å². The van der Waals surface area contributed by atoms with Gasteiger partial charge in [0.15, 0.2) is 0 Å². The van der Waals surface area contributed by atoms with Gasteiger partial charge in [-0.1, -0.05) is 19.9 Å². The molecule has 3 heteroatoms. The van der Waals surface area contributed by atoms with Crippen molar-refractivity contribution in [3.8, 4) is 0 Å². The van der Waals surface area contributed by atoms with Crippen LogP contribution < -0.4 is 5.73 Å². The molecule has 0 radical (unpaired) electrons. The van der Waals surface area contributed by atoms with Crippen molar-refractivity contribution in [2.75, 3.05) is 13.2 Å². The van der Waals surface area contributed by atoms with Crippen molar-refractivity contribution in [3.63, 3.8) is 0 Å². The van der Waals surface area contributed by atoms with E-state index in [9.17, 15) is 0 Å². The highest BCUT2D eigenvalue weighted by atomic mass is 16.5. The van der Waals surface area contributed by atoms with Gasteiger partial charge >= 0.3 is 0 Å². The molecule has 0 rings (SSSR count). The zero-order valence-corrected chi connectivity index (χ0v) is 7.75. The van der Waals surface area contributed by atoms with E-state index in [0.29, 0.717) is 13.2 Å². The molecule has 0 spiro atoms. The molecule has 0 aromatic carbocycles. The molecule has 0 aliphatic rings. The second kappa shape index (κ2) is 7.13. The fourth-order valence-corrected chi connectivity index (χ4v) is 0.917. The maximum absolute atomic E-state index is 9.09. The van der Waals surface area contributed by atoms with Crippen LogP contribution in [0, 0.1) is 0 Å². The monoisotopic (exact) mass is 173 g/mol. The maximum atomic E-state index is 9.09. The third-order valence-corrected chi connectivity index (χ3v) is 1.59. The van der Waals surface area contributed by atoms with Crippen LogP contribution >= 0.6 is 0 Å². The van der Waals surface area contributed by atoms with Crippen molar-refractivity contribution < 1.29 is 9.84 Å². The minimum atomic E-state index is -0.207. The molecule has 0 aliphatic heterocycles. The van der Waals surface area contributed by atoms with E-state index in [-0.39, 0.29) is 11.9 Å². The minimum Gasteiger partial charge on any atom is -0.510 e. The molecule has 0 heterocycles. The van der Waals surface area contributed by atoms with E-state index in [4.69, 9.17) is 15.6 Å². The number of rotatable bonds is 7. The summed E-state index contributed by atoms with van der Waals surface area (Å²) < 4.78 is 5.35. The van der Waals surface area contributed by atoms with E-state index in [1.54, 1.807) is 0 Å². The van der Waals surface area contributed by atoms with Crippen molar-refractivity contribution in [1.29, 1.82) is 0 Å². The zero-order valence-electron chi connectivity index (χ0n) is 7.75. The predicted molar refractivity (Wildman–Crippen MR) is 50.1 cm³/mol. The summed E-state index contributed by atoms with van der Waals surface area (Å²) in [5, 5.41) is 9.09. The summed E-state index contributed by atoms with van der Waals surface area (Å²) in [7, 11) is 0. The molecule has 72 valence electrons. The highest BCUT2D eigenvalue weighted by Gasteiger charge is 2.09. The lowest BCUT2D eigenvalue weighted by molar-refractivity contribution is 0.0435. The van der Waals surface area contributed by atoms with Gasteiger partial charge in [0, 0.05) is 6.61 Å². The van der Waals surface area contributed by atoms with Crippen LogP contribution in [0.25, 0.3) is 0 Å². The molecule has 0 aromatic heterocycles. The molecule has 0 aromatic rings. The van der Waals surface area contributed by atoms with E-state index in [1.807, 2.05) is 6.92 Å². The van der Waals surface area contributed by atoms with Gasteiger partial charge in [0.2, 0.25) is 0 Å². The Morgan fingerprint density at radius 1 is 1.67 bits per heavy atom. The Labute approximate surface area is 74.2 Å². The van der Waals surface area contributed by atoms with Crippen LogP contribution in [0.1, 0.15) is 26.2 Å². The van der Waals surface area contributed by atoms with Gasteiger partial charge < -0.3 is 15.6 Å². The van der Waals surface area contributed by atoms with Crippen LogP contribution in [-0.2, 0) is 4.74 Å².